The Kier molecular flexibility index (Phi) is 6.95. The van der Waals surface area contributed by atoms with Crippen molar-refractivity contribution >= 4 is 22.0 Å². The monoisotopic (exact) mass is 219 g/mol. The first-order valence-electron chi connectivity index (χ1n) is 3.17. The minimum atomic E-state index is -0.411. The van der Waals surface area contributed by atoms with E-state index in [0.717, 1.165) is 0 Å². The second-order valence-corrected chi connectivity index (χ2v) is 2.18. The van der Waals surface area contributed by atoms with E-state index in [0.29, 0.717) is 18.4 Å². The van der Waals surface area contributed by atoms with Crippen LogP contribution in [0.3, 0.4) is 0 Å². The molecule has 0 saturated carbocycles. The summed E-state index contributed by atoms with van der Waals surface area (Å²) in [5.41, 5.74) is 0. The van der Waals surface area contributed by atoms with Crippen LogP contribution >= 0.6 is 15.9 Å². The molecule has 0 saturated heterocycles. The fourth-order valence-corrected chi connectivity index (χ4v) is 0.601. The van der Waals surface area contributed by atoms with Crippen LogP contribution in [0.1, 0.15) is 6.42 Å². The third-order valence-electron chi connectivity index (χ3n) is 0.856. The quantitative estimate of drug-likeness (QED) is 0.430. The Morgan fingerprint density at radius 3 is 2.91 bits per heavy atom. The summed E-state index contributed by atoms with van der Waals surface area (Å²) in [6.07, 6.45) is 0.171. The standard InChI is InChI=1S/C7H10BrNO2/c1-9-7(10)11-6-4-2-3-5-8/h4-6H2,1H3,(H,9,10). The van der Waals surface area contributed by atoms with Gasteiger partial charge in [0.25, 0.3) is 0 Å². The first kappa shape index (κ1) is 10.3. The average molecular weight is 220 g/mol. The number of carbonyl (C=O) groups excluding carboxylic acids is 1. The van der Waals surface area contributed by atoms with Crippen molar-refractivity contribution in [2.75, 3.05) is 19.0 Å². The highest BCUT2D eigenvalue weighted by Gasteiger charge is 1.93. The molecule has 0 heterocycles. The molecule has 0 bridgehead atoms. The van der Waals surface area contributed by atoms with E-state index in [2.05, 4.69) is 37.8 Å². The van der Waals surface area contributed by atoms with E-state index >= 15 is 0 Å². The molecular formula is C7H10BrNO2. The van der Waals surface area contributed by atoms with Gasteiger partial charge in [0.1, 0.15) is 6.61 Å². The van der Waals surface area contributed by atoms with Gasteiger partial charge in [0.2, 0.25) is 0 Å². The van der Waals surface area contributed by atoms with Crippen molar-refractivity contribution in [1.82, 2.24) is 5.32 Å². The Morgan fingerprint density at radius 2 is 2.36 bits per heavy atom. The summed E-state index contributed by atoms with van der Waals surface area (Å²) < 4.78 is 4.67. The molecular weight excluding hydrogens is 210 g/mol. The molecule has 0 fully saturated rings. The lowest BCUT2D eigenvalue weighted by atomic mass is 10.4. The Labute approximate surface area is 74.6 Å². The predicted octanol–water partition coefficient (Wildman–Crippen LogP) is 1.13. The van der Waals surface area contributed by atoms with Crippen molar-refractivity contribution in [3.05, 3.63) is 0 Å². The number of hydrogen-bond donors (Lipinski definition) is 1. The maximum absolute atomic E-state index is 10.5. The van der Waals surface area contributed by atoms with E-state index in [1.54, 1.807) is 0 Å². The van der Waals surface area contributed by atoms with Crippen molar-refractivity contribution in [3.63, 3.8) is 0 Å². The summed E-state index contributed by atoms with van der Waals surface area (Å²) in [5.74, 6) is 5.61. The highest BCUT2D eigenvalue weighted by Crippen LogP contribution is 1.82. The van der Waals surface area contributed by atoms with E-state index in [1.165, 1.54) is 7.05 Å². The van der Waals surface area contributed by atoms with Crippen molar-refractivity contribution in [1.29, 1.82) is 0 Å². The number of carbonyl (C=O) groups is 1. The smallest absolute Gasteiger partial charge is 0.406 e. The molecule has 0 aromatic heterocycles. The molecule has 1 N–H and O–H groups in total. The molecule has 3 nitrogen and oxygen atoms in total. The van der Waals surface area contributed by atoms with Crippen LogP contribution in [0, 0.1) is 11.8 Å². The minimum absolute atomic E-state index is 0.347. The third kappa shape index (κ3) is 7.20. The number of ether oxygens (including phenoxy) is 1. The Morgan fingerprint density at radius 1 is 1.64 bits per heavy atom. The van der Waals surface area contributed by atoms with Gasteiger partial charge in [0.15, 0.2) is 0 Å². The highest BCUT2D eigenvalue weighted by molar-refractivity contribution is 9.09. The fourth-order valence-electron chi connectivity index (χ4n) is 0.403. The summed E-state index contributed by atoms with van der Waals surface area (Å²) in [6, 6.07) is 0. The normalized spacial score (nSPS) is 7.82. The van der Waals surface area contributed by atoms with Crippen LogP contribution in [0.4, 0.5) is 4.79 Å². The van der Waals surface area contributed by atoms with Gasteiger partial charge in [-0.25, -0.2) is 4.79 Å². The Balaban J connectivity index is 3.21. The number of nitrogens with one attached hydrogen (secondary N) is 1. The van der Waals surface area contributed by atoms with Gasteiger partial charge in [-0.2, -0.15) is 0 Å². The SMILES string of the molecule is CNC(=O)OCCC#CCBr. The van der Waals surface area contributed by atoms with Gasteiger partial charge in [-0.1, -0.05) is 27.8 Å². The lowest BCUT2D eigenvalue weighted by Gasteiger charge is -1.98. The average Bonchev–Trinajstić information content (AvgIpc) is 2.04. The molecule has 0 aliphatic rings. The lowest BCUT2D eigenvalue weighted by Crippen LogP contribution is -2.19. The van der Waals surface area contributed by atoms with Crippen LogP contribution in [0.15, 0.2) is 0 Å². The fraction of sp³-hybridized carbons (Fsp3) is 0.571. The lowest BCUT2D eigenvalue weighted by molar-refractivity contribution is 0.151. The van der Waals surface area contributed by atoms with Crippen LogP contribution in [-0.2, 0) is 4.74 Å². The van der Waals surface area contributed by atoms with E-state index in [1.807, 2.05) is 0 Å². The van der Waals surface area contributed by atoms with E-state index < -0.39 is 6.09 Å². The first-order valence-corrected chi connectivity index (χ1v) is 4.29. The molecule has 11 heavy (non-hydrogen) atoms. The van der Waals surface area contributed by atoms with Gasteiger partial charge in [0, 0.05) is 13.5 Å². The molecule has 4 heteroatoms. The topological polar surface area (TPSA) is 38.3 Å². The van der Waals surface area contributed by atoms with E-state index in [9.17, 15) is 4.79 Å². The number of amides is 1. The molecule has 62 valence electrons. The van der Waals surface area contributed by atoms with E-state index in [-0.39, 0.29) is 0 Å². The number of alkyl halides is 1. The Bertz CT molecular complexity index is 171. The number of halogens is 1. The second kappa shape index (κ2) is 7.42. The minimum Gasteiger partial charge on any atom is -0.449 e. The van der Waals surface area contributed by atoms with E-state index in [4.69, 9.17) is 0 Å². The summed E-state index contributed by atoms with van der Waals surface area (Å²) in [7, 11) is 1.52. The molecule has 1 amide bonds. The molecule has 0 aromatic rings. The Hall–Kier alpha value is -0.690. The molecule has 0 radical (unpaired) electrons. The first-order chi connectivity index (χ1) is 5.31. The van der Waals surface area contributed by atoms with Crippen LogP contribution in [0.2, 0.25) is 0 Å². The van der Waals surface area contributed by atoms with Crippen molar-refractivity contribution in [2.45, 2.75) is 6.42 Å². The van der Waals surface area contributed by atoms with Crippen molar-refractivity contribution in [2.24, 2.45) is 0 Å². The van der Waals surface area contributed by atoms with Gasteiger partial charge in [-0.15, -0.1) is 0 Å². The molecule has 0 aliphatic heterocycles. The molecule has 0 aromatic carbocycles. The number of rotatable bonds is 2. The van der Waals surface area contributed by atoms with Crippen LogP contribution < -0.4 is 5.32 Å². The van der Waals surface area contributed by atoms with Gasteiger partial charge in [0.05, 0.1) is 5.33 Å². The van der Waals surface area contributed by atoms with Gasteiger partial charge in [-0.3, -0.25) is 0 Å². The maximum atomic E-state index is 10.5. The van der Waals surface area contributed by atoms with Crippen LogP contribution in [-0.4, -0.2) is 25.1 Å². The second-order valence-electron chi connectivity index (χ2n) is 1.62. The van der Waals surface area contributed by atoms with Gasteiger partial charge >= 0.3 is 6.09 Å². The van der Waals surface area contributed by atoms with Gasteiger partial charge < -0.3 is 10.1 Å². The molecule has 0 spiro atoms. The molecule has 0 rings (SSSR count). The summed E-state index contributed by atoms with van der Waals surface area (Å²) in [6.45, 7) is 0.347. The molecule has 0 unspecified atom stereocenters. The van der Waals surface area contributed by atoms with Crippen molar-refractivity contribution < 1.29 is 9.53 Å². The summed E-state index contributed by atoms with van der Waals surface area (Å²) in [5, 5.41) is 3.00. The molecule has 0 atom stereocenters. The predicted molar refractivity (Wildman–Crippen MR) is 46.6 cm³/mol. The summed E-state index contributed by atoms with van der Waals surface area (Å²) in [4.78, 5) is 10.5. The van der Waals surface area contributed by atoms with Gasteiger partial charge in [-0.05, 0) is 0 Å². The largest absolute Gasteiger partial charge is 0.449 e. The zero-order valence-electron chi connectivity index (χ0n) is 6.32. The zero-order valence-corrected chi connectivity index (χ0v) is 7.90. The zero-order chi connectivity index (χ0) is 8.53. The maximum Gasteiger partial charge on any atom is 0.406 e. The third-order valence-corrected chi connectivity index (χ3v) is 1.14. The number of alkyl carbamates (subject to hydrolysis) is 1. The highest BCUT2D eigenvalue weighted by atomic mass is 79.9. The number of hydrogen-bond acceptors (Lipinski definition) is 2. The summed E-state index contributed by atoms with van der Waals surface area (Å²) >= 11 is 3.15. The van der Waals surface area contributed by atoms with Crippen LogP contribution in [0.5, 0.6) is 0 Å². The molecule has 0 aliphatic carbocycles. The van der Waals surface area contributed by atoms with Crippen LogP contribution in [0.25, 0.3) is 0 Å². The van der Waals surface area contributed by atoms with Crippen molar-refractivity contribution in [3.8, 4) is 11.8 Å².